The number of piperidine rings is 1. The monoisotopic (exact) mass is 417 g/mol. The van der Waals surface area contributed by atoms with E-state index in [1.165, 1.54) is 18.2 Å². The summed E-state index contributed by atoms with van der Waals surface area (Å²) in [7, 11) is -3.73. The molecule has 0 bridgehead atoms. The van der Waals surface area contributed by atoms with Crippen molar-refractivity contribution in [2.24, 2.45) is 0 Å². The molecular formula is C20H23N3O5S. The Morgan fingerprint density at radius 1 is 1.17 bits per heavy atom. The molecule has 1 N–H and O–H groups in total. The average Bonchev–Trinajstić information content (AvgIpc) is 2.78. The van der Waals surface area contributed by atoms with Crippen molar-refractivity contribution in [3.05, 3.63) is 48.3 Å². The van der Waals surface area contributed by atoms with Gasteiger partial charge in [-0.1, -0.05) is 6.07 Å². The van der Waals surface area contributed by atoms with Gasteiger partial charge in [-0.15, -0.1) is 0 Å². The lowest BCUT2D eigenvalue weighted by atomic mass is 10.1. The number of nitrogens with one attached hydrogen (secondary N) is 1. The molecule has 1 amide bonds. The molecule has 0 spiro atoms. The maximum atomic E-state index is 12.6. The van der Waals surface area contributed by atoms with Crippen LogP contribution in [0.1, 0.15) is 24.8 Å². The number of carbonyl (C=O) groups excluding carboxylic acids is 1. The summed E-state index contributed by atoms with van der Waals surface area (Å²) < 4.78 is 39.2. The first-order valence-electron chi connectivity index (χ1n) is 9.64. The number of hydrogen-bond acceptors (Lipinski definition) is 6. The zero-order valence-electron chi connectivity index (χ0n) is 15.9. The number of likely N-dealkylation sites (tertiary alicyclic amines) is 1. The summed E-state index contributed by atoms with van der Waals surface area (Å²) in [4.78, 5) is 18.5. The number of aromatic nitrogens is 1. The molecule has 1 unspecified atom stereocenters. The molecule has 3 heterocycles. The maximum Gasteiger partial charge on any atom is 0.267 e. The Hall–Kier alpha value is -2.65. The van der Waals surface area contributed by atoms with Gasteiger partial charge < -0.3 is 14.4 Å². The first kappa shape index (κ1) is 19.7. The summed E-state index contributed by atoms with van der Waals surface area (Å²) in [6, 6.07) is 7.93. The Morgan fingerprint density at radius 3 is 2.76 bits per heavy atom. The molecule has 2 aliphatic heterocycles. The quantitative estimate of drug-likeness (QED) is 0.795. The molecule has 4 rings (SSSR count). The number of amides is 1. The van der Waals surface area contributed by atoms with E-state index in [-0.39, 0.29) is 24.0 Å². The number of fused-ring (bicyclic) bond motifs is 1. The van der Waals surface area contributed by atoms with Crippen LogP contribution in [0.5, 0.6) is 11.5 Å². The smallest absolute Gasteiger partial charge is 0.267 e. The lowest BCUT2D eigenvalue weighted by Gasteiger charge is -2.32. The molecule has 29 heavy (non-hydrogen) atoms. The Kier molecular flexibility index (Phi) is 5.68. The van der Waals surface area contributed by atoms with Crippen LogP contribution >= 0.6 is 0 Å². The number of ether oxygens (including phenoxy) is 2. The van der Waals surface area contributed by atoms with Crippen molar-refractivity contribution in [3.63, 3.8) is 0 Å². The normalized spacial score (nSPS) is 19.0. The van der Waals surface area contributed by atoms with Gasteiger partial charge in [0.1, 0.15) is 6.61 Å². The lowest BCUT2D eigenvalue weighted by molar-refractivity contribution is -0.142. The van der Waals surface area contributed by atoms with Crippen LogP contribution in [0.25, 0.3) is 0 Å². The van der Waals surface area contributed by atoms with Gasteiger partial charge in [0, 0.05) is 38.1 Å². The topological polar surface area (TPSA) is 97.8 Å². The summed E-state index contributed by atoms with van der Waals surface area (Å²) >= 11 is 0. The highest BCUT2D eigenvalue weighted by molar-refractivity contribution is 7.89. The van der Waals surface area contributed by atoms with Gasteiger partial charge in [-0.3, -0.25) is 9.78 Å². The van der Waals surface area contributed by atoms with Gasteiger partial charge in [-0.25, -0.2) is 13.1 Å². The molecule has 154 valence electrons. The first-order valence-corrected chi connectivity index (χ1v) is 11.1. The van der Waals surface area contributed by atoms with Gasteiger partial charge in [0.05, 0.1) is 4.90 Å². The molecule has 2 aromatic rings. The third-order valence-corrected chi connectivity index (χ3v) is 6.42. The SMILES string of the molecule is O=C(C1COc2cc(S(=O)(=O)NCc3cccnc3)ccc2O1)N1CCCCC1. The minimum Gasteiger partial charge on any atom is -0.485 e. The third kappa shape index (κ3) is 4.51. The third-order valence-electron chi connectivity index (χ3n) is 5.02. The first-order chi connectivity index (χ1) is 14.0. The van der Waals surface area contributed by atoms with Crippen molar-refractivity contribution in [1.29, 1.82) is 0 Å². The van der Waals surface area contributed by atoms with E-state index >= 15 is 0 Å². The van der Waals surface area contributed by atoms with Crippen LogP contribution < -0.4 is 14.2 Å². The zero-order chi connectivity index (χ0) is 20.3. The summed E-state index contributed by atoms with van der Waals surface area (Å²) in [6.07, 6.45) is 5.67. The molecule has 0 aliphatic carbocycles. The fourth-order valence-electron chi connectivity index (χ4n) is 3.42. The highest BCUT2D eigenvalue weighted by Gasteiger charge is 2.32. The van der Waals surface area contributed by atoms with Crippen LogP contribution in [0.3, 0.4) is 0 Å². The van der Waals surface area contributed by atoms with Gasteiger partial charge in [-0.2, -0.15) is 0 Å². The van der Waals surface area contributed by atoms with E-state index in [1.807, 2.05) is 4.90 Å². The molecule has 1 saturated heterocycles. The Labute approximate surface area is 169 Å². The number of pyridine rings is 1. The summed E-state index contributed by atoms with van der Waals surface area (Å²) in [5.74, 6) is 0.611. The minimum absolute atomic E-state index is 0.0644. The van der Waals surface area contributed by atoms with Gasteiger partial charge in [0.25, 0.3) is 5.91 Å². The van der Waals surface area contributed by atoms with E-state index in [0.29, 0.717) is 11.5 Å². The Bertz CT molecular complexity index is 975. The average molecular weight is 417 g/mol. The van der Waals surface area contributed by atoms with Crippen molar-refractivity contribution in [2.45, 2.75) is 36.8 Å². The predicted octanol–water partition coefficient (Wildman–Crippen LogP) is 1.71. The second-order valence-electron chi connectivity index (χ2n) is 7.10. The molecule has 1 fully saturated rings. The van der Waals surface area contributed by atoms with Crippen molar-refractivity contribution in [1.82, 2.24) is 14.6 Å². The number of rotatable bonds is 5. The predicted molar refractivity (Wildman–Crippen MR) is 105 cm³/mol. The van der Waals surface area contributed by atoms with Crippen molar-refractivity contribution < 1.29 is 22.7 Å². The molecule has 1 aromatic carbocycles. The minimum atomic E-state index is -3.73. The maximum absolute atomic E-state index is 12.6. The molecule has 1 aromatic heterocycles. The largest absolute Gasteiger partial charge is 0.485 e. The van der Waals surface area contributed by atoms with Crippen molar-refractivity contribution >= 4 is 15.9 Å². The van der Waals surface area contributed by atoms with Gasteiger partial charge in [-0.05, 0) is 43.0 Å². The summed E-state index contributed by atoms with van der Waals surface area (Å²) in [5, 5.41) is 0. The van der Waals surface area contributed by atoms with Gasteiger partial charge in [0.2, 0.25) is 16.1 Å². The second-order valence-corrected chi connectivity index (χ2v) is 8.86. The number of sulfonamides is 1. The molecule has 2 aliphatic rings. The zero-order valence-corrected chi connectivity index (χ0v) is 16.7. The van der Waals surface area contributed by atoms with Crippen LogP contribution in [-0.2, 0) is 21.4 Å². The number of nitrogens with zero attached hydrogens (tertiary/aromatic N) is 2. The molecule has 0 radical (unpaired) electrons. The van der Waals surface area contributed by atoms with E-state index in [1.54, 1.807) is 24.5 Å². The molecule has 0 saturated carbocycles. The van der Waals surface area contributed by atoms with Crippen LogP contribution in [0, 0.1) is 0 Å². The van der Waals surface area contributed by atoms with Gasteiger partial charge >= 0.3 is 0 Å². The van der Waals surface area contributed by atoms with Crippen LogP contribution in [0.2, 0.25) is 0 Å². The van der Waals surface area contributed by atoms with Crippen molar-refractivity contribution in [3.8, 4) is 11.5 Å². The molecule has 8 nitrogen and oxygen atoms in total. The van der Waals surface area contributed by atoms with Crippen molar-refractivity contribution in [2.75, 3.05) is 19.7 Å². The molecule has 9 heteroatoms. The fraction of sp³-hybridized carbons (Fsp3) is 0.400. The van der Waals surface area contributed by atoms with E-state index in [2.05, 4.69) is 9.71 Å². The number of carbonyl (C=O) groups is 1. The summed E-state index contributed by atoms with van der Waals surface area (Å²) in [5.41, 5.74) is 0.757. The van der Waals surface area contributed by atoms with E-state index < -0.39 is 16.1 Å². The molecule has 1 atom stereocenters. The fourth-order valence-corrected chi connectivity index (χ4v) is 4.46. The standard InChI is InChI=1S/C20H23N3O5S/c24-20(23-9-2-1-3-10-23)19-14-27-18-11-16(6-7-17(18)28-19)29(25,26)22-13-15-5-4-8-21-12-15/h4-8,11-12,19,22H,1-3,9-10,13-14H2. The van der Waals surface area contributed by atoms with E-state index in [0.717, 1.165) is 37.9 Å². The highest BCUT2D eigenvalue weighted by atomic mass is 32.2. The summed E-state index contributed by atoms with van der Waals surface area (Å²) in [6.45, 7) is 1.68. The van der Waals surface area contributed by atoms with Gasteiger partial charge in [0.15, 0.2) is 11.5 Å². The van der Waals surface area contributed by atoms with Crippen LogP contribution in [0.4, 0.5) is 0 Å². The highest BCUT2D eigenvalue weighted by Crippen LogP contribution is 2.34. The number of hydrogen-bond donors (Lipinski definition) is 1. The Balaban J connectivity index is 1.43. The Morgan fingerprint density at radius 2 is 2.00 bits per heavy atom. The van der Waals surface area contributed by atoms with E-state index in [9.17, 15) is 13.2 Å². The lowest BCUT2D eigenvalue weighted by Crippen LogP contribution is -2.48. The van der Waals surface area contributed by atoms with E-state index in [4.69, 9.17) is 9.47 Å². The second kappa shape index (κ2) is 8.38. The molecular weight excluding hydrogens is 394 g/mol. The van der Waals surface area contributed by atoms with Crippen LogP contribution in [-0.4, -0.2) is 50.0 Å². The van der Waals surface area contributed by atoms with Crippen LogP contribution in [0.15, 0.2) is 47.6 Å². The number of benzene rings is 1.